The molecule has 0 aliphatic rings. The Labute approximate surface area is 116 Å². The predicted octanol–water partition coefficient (Wildman–Crippen LogP) is 0.987. The predicted molar refractivity (Wildman–Crippen MR) is 73.7 cm³/mol. The Morgan fingerprint density at radius 3 is 2.95 bits per heavy atom. The zero-order chi connectivity index (χ0) is 14.4. The van der Waals surface area contributed by atoms with Crippen LogP contribution in [0.15, 0.2) is 24.4 Å². The number of aliphatic hydroxyl groups is 1. The largest absolute Gasteiger partial charge is 0.504 e. The first-order valence-electron chi connectivity index (χ1n) is 6.33. The molecule has 0 aliphatic carbocycles. The van der Waals surface area contributed by atoms with Crippen molar-refractivity contribution in [3.63, 3.8) is 0 Å². The second kappa shape index (κ2) is 6.76. The molecule has 7 nitrogen and oxygen atoms in total. The first-order chi connectivity index (χ1) is 9.72. The Morgan fingerprint density at radius 2 is 2.25 bits per heavy atom. The summed E-state index contributed by atoms with van der Waals surface area (Å²) in [7, 11) is 1.51. The average Bonchev–Trinajstić information content (AvgIpc) is 2.91. The molecule has 20 heavy (non-hydrogen) atoms. The van der Waals surface area contributed by atoms with Crippen LogP contribution >= 0.6 is 0 Å². The molecule has 0 bridgehead atoms. The number of phenolic OH excluding ortho intramolecular Hbond substituents is 1. The summed E-state index contributed by atoms with van der Waals surface area (Å²) >= 11 is 0. The Morgan fingerprint density at radius 1 is 1.40 bits per heavy atom. The van der Waals surface area contributed by atoms with E-state index >= 15 is 0 Å². The molecule has 0 atom stereocenters. The minimum atomic E-state index is 0.0871. The first kappa shape index (κ1) is 14.1. The number of aromatic nitrogens is 3. The molecule has 1 heterocycles. The molecule has 0 saturated heterocycles. The number of nitrogens with one attached hydrogen (secondary N) is 1. The lowest BCUT2D eigenvalue weighted by Crippen LogP contribution is -2.01. The molecular formula is C13H18N4O3. The zero-order valence-corrected chi connectivity index (χ0v) is 11.3. The summed E-state index contributed by atoms with van der Waals surface area (Å²) in [6, 6.07) is 5.10. The number of aryl methyl sites for hydroxylation is 1. The lowest BCUT2D eigenvalue weighted by molar-refractivity contribution is 0.276. The van der Waals surface area contributed by atoms with E-state index in [1.807, 2.05) is 12.3 Å². The number of aromatic hydroxyl groups is 1. The SMILES string of the molecule is COc1ccc(NCc2cn(CCCO)nn2)cc1O. The highest BCUT2D eigenvalue weighted by atomic mass is 16.5. The van der Waals surface area contributed by atoms with Crippen LogP contribution < -0.4 is 10.1 Å². The van der Waals surface area contributed by atoms with Crippen LogP contribution in [0.3, 0.4) is 0 Å². The normalized spacial score (nSPS) is 10.5. The molecule has 0 spiro atoms. The summed E-state index contributed by atoms with van der Waals surface area (Å²) in [6.07, 6.45) is 2.48. The number of hydrogen-bond acceptors (Lipinski definition) is 6. The number of nitrogens with zero attached hydrogens (tertiary/aromatic N) is 3. The van der Waals surface area contributed by atoms with Crippen LogP contribution in [-0.2, 0) is 13.1 Å². The topological polar surface area (TPSA) is 92.4 Å². The number of ether oxygens (including phenoxy) is 1. The summed E-state index contributed by atoms with van der Waals surface area (Å²) < 4.78 is 6.67. The van der Waals surface area contributed by atoms with Gasteiger partial charge >= 0.3 is 0 Å². The number of methoxy groups -OCH3 is 1. The maximum atomic E-state index is 9.67. The van der Waals surface area contributed by atoms with Crippen LogP contribution in [0.25, 0.3) is 0 Å². The third-order valence-electron chi connectivity index (χ3n) is 2.78. The summed E-state index contributed by atoms with van der Waals surface area (Å²) in [6.45, 7) is 1.29. The van der Waals surface area contributed by atoms with Gasteiger partial charge in [0.05, 0.1) is 19.9 Å². The fraction of sp³-hybridized carbons (Fsp3) is 0.385. The Bertz CT molecular complexity index is 556. The van der Waals surface area contributed by atoms with Gasteiger partial charge in [0.2, 0.25) is 0 Å². The monoisotopic (exact) mass is 278 g/mol. The van der Waals surface area contributed by atoms with Gasteiger partial charge in [0.25, 0.3) is 0 Å². The van der Waals surface area contributed by atoms with Gasteiger partial charge in [0.15, 0.2) is 11.5 Å². The van der Waals surface area contributed by atoms with Crippen LogP contribution in [-0.4, -0.2) is 38.9 Å². The van der Waals surface area contributed by atoms with Crippen LogP contribution in [0.2, 0.25) is 0 Å². The number of anilines is 1. The summed E-state index contributed by atoms with van der Waals surface area (Å²) in [5.41, 5.74) is 1.56. The number of aliphatic hydroxyl groups excluding tert-OH is 1. The minimum absolute atomic E-state index is 0.0871. The van der Waals surface area contributed by atoms with Crippen molar-refractivity contribution in [2.45, 2.75) is 19.5 Å². The lowest BCUT2D eigenvalue weighted by atomic mass is 10.2. The lowest BCUT2D eigenvalue weighted by Gasteiger charge is -2.07. The maximum absolute atomic E-state index is 9.67. The van der Waals surface area contributed by atoms with E-state index in [0.29, 0.717) is 25.3 Å². The number of rotatable bonds is 7. The highest BCUT2D eigenvalue weighted by Crippen LogP contribution is 2.28. The quantitative estimate of drug-likeness (QED) is 0.699. The van der Waals surface area contributed by atoms with Crippen molar-refractivity contribution < 1.29 is 14.9 Å². The Balaban J connectivity index is 1.91. The summed E-state index contributed by atoms with van der Waals surface area (Å²) in [5.74, 6) is 0.523. The second-order valence-electron chi connectivity index (χ2n) is 4.29. The van der Waals surface area contributed by atoms with E-state index in [0.717, 1.165) is 11.4 Å². The average molecular weight is 278 g/mol. The van der Waals surface area contributed by atoms with E-state index < -0.39 is 0 Å². The molecule has 0 aliphatic heterocycles. The molecule has 7 heteroatoms. The molecule has 0 amide bonds. The molecular weight excluding hydrogens is 260 g/mol. The van der Waals surface area contributed by atoms with Gasteiger partial charge in [-0.3, -0.25) is 4.68 Å². The van der Waals surface area contributed by atoms with Gasteiger partial charge in [-0.2, -0.15) is 0 Å². The molecule has 0 fully saturated rings. The molecule has 2 aromatic rings. The van der Waals surface area contributed by atoms with Crippen molar-refractivity contribution in [2.24, 2.45) is 0 Å². The van der Waals surface area contributed by atoms with Gasteiger partial charge in [0, 0.05) is 24.9 Å². The molecule has 0 saturated carbocycles. The third kappa shape index (κ3) is 3.61. The zero-order valence-electron chi connectivity index (χ0n) is 11.3. The van der Waals surface area contributed by atoms with E-state index in [1.54, 1.807) is 16.8 Å². The second-order valence-corrected chi connectivity index (χ2v) is 4.29. The molecule has 0 unspecified atom stereocenters. The number of hydrogen-bond donors (Lipinski definition) is 3. The highest BCUT2D eigenvalue weighted by molar-refractivity contribution is 5.54. The van der Waals surface area contributed by atoms with Crippen molar-refractivity contribution in [1.82, 2.24) is 15.0 Å². The van der Waals surface area contributed by atoms with Crippen molar-refractivity contribution in [1.29, 1.82) is 0 Å². The van der Waals surface area contributed by atoms with Gasteiger partial charge < -0.3 is 20.3 Å². The van der Waals surface area contributed by atoms with E-state index in [9.17, 15) is 5.11 Å². The van der Waals surface area contributed by atoms with Gasteiger partial charge in [-0.15, -0.1) is 5.10 Å². The van der Waals surface area contributed by atoms with Crippen molar-refractivity contribution in [2.75, 3.05) is 19.0 Å². The molecule has 2 rings (SSSR count). The molecule has 108 valence electrons. The van der Waals surface area contributed by atoms with E-state index in [1.165, 1.54) is 7.11 Å². The molecule has 1 aromatic heterocycles. The van der Waals surface area contributed by atoms with Crippen LogP contribution in [0, 0.1) is 0 Å². The van der Waals surface area contributed by atoms with Crippen molar-refractivity contribution >= 4 is 5.69 Å². The van der Waals surface area contributed by atoms with E-state index in [-0.39, 0.29) is 12.4 Å². The van der Waals surface area contributed by atoms with Crippen LogP contribution in [0.4, 0.5) is 5.69 Å². The fourth-order valence-corrected chi connectivity index (χ4v) is 1.75. The fourth-order valence-electron chi connectivity index (χ4n) is 1.75. The van der Waals surface area contributed by atoms with Crippen LogP contribution in [0.1, 0.15) is 12.1 Å². The van der Waals surface area contributed by atoms with Gasteiger partial charge in [0.1, 0.15) is 5.69 Å². The highest BCUT2D eigenvalue weighted by Gasteiger charge is 2.04. The van der Waals surface area contributed by atoms with Crippen LogP contribution in [0.5, 0.6) is 11.5 Å². The van der Waals surface area contributed by atoms with Crippen molar-refractivity contribution in [3.05, 3.63) is 30.1 Å². The van der Waals surface area contributed by atoms with Crippen molar-refractivity contribution in [3.8, 4) is 11.5 Å². The molecule has 0 radical (unpaired) electrons. The number of phenols is 1. The van der Waals surface area contributed by atoms with Gasteiger partial charge in [-0.05, 0) is 18.6 Å². The minimum Gasteiger partial charge on any atom is -0.504 e. The maximum Gasteiger partial charge on any atom is 0.160 e. The van der Waals surface area contributed by atoms with Gasteiger partial charge in [-0.1, -0.05) is 5.21 Å². The van der Waals surface area contributed by atoms with E-state index in [4.69, 9.17) is 9.84 Å². The molecule has 3 N–H and O–H groups in total. The van der Waals surface area contributed by atoms with E-state index in [2.05, 4.69) is 15.6 Å². The smallest absolute Gasteiger partial charge is 0.160 e. The van der Waals surface area contributed by atoms with Gasteiger partial charge in [-0.25, -0.2) is 0 Å². The Hall–Kier alpha value is -2.28. The number of benzene rings is 1. The standard InChI is InChI=1S/C13H18N4O3/c1-20-13-4-3-10(7-12(13)19)14-8-11-9-17(16-15-11)5-2-6-18/h3-4,7,9,14,18-19H,2,5-6,8H2,1H3. The third-order valence-corrected chi connectivity index (χ3v) is 2.78. The summed E-state index contributed by atoms with van der Waals surface area (Å²) in [5, 5.41) is 29.5. The first-order valence-corrected chi connectivity index (χ1v) is 6.33. The summed E-state index contributed by atoms with van der Waals surface area (Å²) in [4.78, 5) is 0. The molecule has 1 aromatic carbocycles. The Kier molecular flexibility index (Phi) is 4.78.